The van der Waals surface area contributed by atoms with Gasteiger partial charge in [0.25, 0.3) is 5.91 Å². The van der Waals surface area contributed by atoms with Crippen LogP contribution in [-0.4, -0.2) is 15.9 Å². The summed E-state index contributed by atoms with van der Waals surface area (Å²) in [5, 5.41) is 19.6. The van der Waals surface area contributed by atoms with Crippen LogP contribution >= 0.6 is 11.6 Å². The van der Waals surface area contributed by atoms with E-state index in [9.17, 15) is 20.0 Å². The molecule has 6 nitrogen and oxygen atoms in total. The van der Waals surface area contributed by atoms with Gasteiger partial charge in [0.1, 0.15) is 0 Å². The highest BCUT2D eigenvalue weighted by Crippen LogP contribution is 2.32. The third-order valence-electron chi connectivity index (χ3n) is 1.52. The van der Waals surface area contributed by atoms with Crippen molar-refractivity contribution in [3.63, 3.8) is 0 Å². The molecule has 0 aromatic heterocycles. The standard InChI is InChI=1S/C7H5ClN2O4/c8-3-1-4(7(9)12)6(11)5(2-3)10(13)14/h1-2,11H,(H2,9,12). The minimum Gasteiger partial charge on any atom is -0.502 e. The zero-order chi connectivity index (χ0) is 10.9. The molecule has 0 bridgehead atoms. The number of carbonyl (C=O) groups excluding carboxylic acids is 1. The highest BCUT2D eigenvalue weighted by atomic mass is 35.5. The SMILES string of the molecule is NC(=O)c1cc(Cl)cc([N+](=O)[O-])c1O. The molecule has 7 heteroatoms. The first-order valence-electron chi connectivity index (χ1n) is 3.40. The van der Waals surface area contributed by atoms with Crippen molar-refractivity contribution in [3.8, 4) is 5.75 Å². The van der Waals surface area contributed by atoms with Gasteiger partial charge in [-0.05, 0) is 6.07 Å². The second-order valence-corrected chi connectivity index (χ2v) is 2.88. The van der Waals surface area contributed by atoms with Crippen molar-refractivity contribution in [3.05, 3.63) is 32.8 Å². The molecule has 0 saturated heterocycles. The van der Waals surface area contributed by atoms with E-state index in [4.69, 9.17) is 17.3 Å². The Kier molecular flexibility index (Phi) is 2.57. The number of hydrogen-bond donors (Lipinski definition) is 2. The zero-order valence-corrected chi connectivity index (χ0v) is 7.49. The van der Waals surface area contributed by atoms with Gasteiger partial charge in [0.15, 0.2) is 0 Å². The quantitative estimate of drug-likeness (QED) is 0.569. The average Bonchev–Trinajstić information content (AvgIpc) is 2.07. The Hall–Kier alpha value is -1.82. The van der Waals surface area contributed by atoms with E-state index in [-0.39, 0.29) is 10.6 Å². The number of phenols is 1. The molecule has 1 aromatic rings. The first-order chi connectivity index (χ1) is 6.43. The van der Waals surface area contributed by atoms with Crippen LogP contribution in [0.25, 0.3) is 0 Å². The number of benzene rings is 1. The fourth-order valence-electron chi connectivity index (χ4n) is 0.912. The van der Waals surface area contributed by atoms with Gasteiger partial charge in [0, 0.05) is 11.1 Å². The number of carbonyl (C=O) groups is 1. The van der Waals surface area contributed by atoms with Crippen LogP contribution in [0.2, 0.25) is 5.02 Å². The summed E-state index contributed by atoms with van der Waals surface area (Å²) < 4.78 is 0. The van der Waals surface area contributed by atoms with E-state index in [0.717, 1.165) is 12.1 Å². The summed E-state index contributed by atoms with van der Waals surface area (Å²) in [6.45, 7) is 0. The number of aromatic hydroxyl groups is 1. The number of rotatable bonds is 2. The molecule has 1 rings (SSSR count). The lowest BCUT2D eigenvalue weighted by Crippen LogP contribution is -2.11. The molecule has 0 radical (unpaired) electrons. The third kappa shape index (κ3) is 1.74. The topological polar surface area (TPSA) is 106 Å². The summed E-state index contributed by atoms with van der Waals surface area (Å²) in [5.74, 6) is -1.75. The Bertz CT molecular complexity index is 383. The lowest BCUT2D eigenvalue weighted by molar-refractivity contribution is -0.385. The van der Waals surface area contributed by atoms with E-state index in [1.54, 1.807) is 0 Å². The molecule has 0 aliphatic heterocycles. The van der Waals surface area contributed by atoms with Crippen LogP contribution in [0.3, 0.4) is 0 Å². The summed E-state index contributed by atoms with van der Waals surface area (Å²) in [4.78, 5) is 20.3. The van der Waals surface area contributed by atoms with Crippen molar-refractivity contribution in [2.24, 2.45) is 5.73 Å². The molecule has 74 valence electrons. The fraction of sp³-hybridized carbons (Fsp3) is 0. The van der Waals surface area contributed by atoms with Crippen LogP contribution < -0.4 is 5.73 Å². The second-order valence-electron chi connectivity index (χ2n) is 2.44. The van der Waals surface area contributed by atoms with E-state index in [0.29, 0.717) is 0 Å². The number of hydrogen-bond acceptors (Lipinski definition) is 4. The Morgan fingerprint density at radius 3 is 2.57 bits per heavy atom. The Balaban J connectivity index is 3.47. The van der Waals surface area contributed by atoms with Gasteiger partial charge in [0.05, 0.1) is 10.5 Å². The summed E-state index contributed by atoms with van der Waals surface area (Å²) in [5.41, 5.74) is 3.85. The van der Waals surface area contributed by atoms with Gasteiger partial charge >= 0.3 is 5.69 Å². The molecule has 0 spiro atoms. The zero-order valence-electron chi connectivity index (χ0n) is 6.73. The highest BCUT2D eigenvalue weighted by Gasteiger charge is 2.21. The summed E-state index contributed by atoms with van der Waals surface area (Å²) in [7, 11) is 0. The van der Waals surface area contributed by atoms with E-state index in [1.165, 1.54) is 0 Å². The predicted molar refractivity (Wildman–Crippen MR) is 48.3 cm³/mol. The van der Waals surface area contributed by atoms with Gasteiger partial charge in [-0.15, -0.1) is 0 Å². The molecule has 14 heavy (non-hydrogen) atoms. The van der Waals surface area contributed by atoms with Crippen LogP contribution in [0.15, 0.2) is 12.1 Å². The molecule has 0 atom stereocenters. The smallest absolute Gasteiger partial charge is 0.313 e. The summed E-state index contributed by atoms with van der Waals surface area (Å²) in [6, 6.07) is 2.00. The maximum Gasteiger partial charge on any atom is 0.313 e. The minimum absolute atomic E-state index is 0.0386. The third-order valence-corrected chi connectivity index (χ3v) is 1.73. The van der Waals surface area contributed by atoms with Gasteiger partial charge in [-0.25, -0.2) is 0 Å². The maximum absolute atomic E-state index is 10.7. The number of nitrogens with two attached hydrogens (primary N) is 1. The van der Waals surface area contributed by atoms with Crippen molar-refractivity contribution in [2.45, 2.75) is 0 Å². The van der Waals surface area contributed by atoms with Crippen molar-refractivity contribution in [1.29, 1.82) is 0 Å². The molecular formula is C7H5ClN2O4. The summed E-state index contributed by atoms with van der Waals surface area (Å²) >= 11 is 5.49. The molecular weight excluding hydrogens is 212 g/mol. The molecule has 0 heterocycles. The van der Waals surface area contributed by atoms with Crippen molar-refractivity contribution in [1.82, 2.24) is 0 Å². The predicted octanol–water partition coefficient (Wildman–Crippen LogP) is 1.05. The highest BCUT2D eigenvalue weighted by molar-refractivity contribution is 6.31. The first-order valence-corrected chi connectivity index (χ1v) is 3.78. The molecule has 0 aliphatic rings. The Labute approximate surface area is 83.0 Å². The van der Waals surface area contributed by atoms with Gasteiger partial charge in [-0.3, -0.25) is 14.9 Å². The largest absolute Gasteiger partial charge is 0.502 e. The number of nitro groups is 1. The maximum atomic E-state index is 10.7. The van der Waals surface area contributed by atoms with Crippen LogP contribution in [0.5, 0.6) is 5.75 Å². The van der Waals surface area contributed by atoms with Crippen molar-refractivity contribution >= 4 is 23.2 Å². The summed E-state index contributed by atoms with van der Waals surface area (Å²) in [6.07, 6.45) is 0. The molecule has 0 fully saturated rings. The first kappa shape index (κ1) is 10.3. The van der Waals surface area contributed by atoms with Crippen LogP contribution in [-0.2, 0) is 0 Å². The molecule has 3 N–H and O–H groups in total. The average molecular weight is 217 g/mol. The minimum atomic E-state index is -0.979. The lowest BCUT2D eigenvalue weighted by Gasteiger charge is -2.01. The second kappa shape index (κ2) is 3.51. The Morgan fingerprint density at radius 1 is 1.57 bits per heavy atom. The Morgan fingerprint density at radius 2 is 2.14 bits per heavy atom. The number of amides is 1. The normalized spacial score (nSPS) is 9.79. The van der Waals surface area contributed by atoms with E-state index in [1.807, 2.05) is 0 Å². The molecule has 0 unspecified atom stereocenters. The van der Waals surface area contributed by atoms with E-state index < -0.39 is 22.3 Å². The van der Waals surface area contributed by atoms with E-state index in [2.05, 4.69) is 0 Å². The van der Waals surface area contributed by atoms with Crippen LogP contribution in [0.4, 0.5) is 5.69 Å². The van der Waals surface area contributed by atoms with Gasteiger partial charge < -0.3 is 10.8 Å². The van der Waals surface area contributed by atoms with Gasteiger partial charge in [-0.2, -0.15) is 0 Å². The number of primary amides is 1. The molecule has 1 aromatic carbocycles. The number of nitrogens with zero attached hydrogens (tertiary/aromatic N) is 1. The molecule has 0 saturated carbocycles. The lowest BCUT2D eigenvalue weighted by atomic mass is 10.1. The number of halogens is 1. The van der Waals surface area contributed by atoms with Crippen LogP contribution in [0.1, 0.15) is 10.4 Å². The fourth-order valence-corrected chi connectivity index (χ4v) is 1.12. The van der Waals surface area contributed by atoms with E-state index >= 15 is 0 Å². The monoisotopic (exact) mass is 216 g/mol. The number of nitro benzene ring substituents is 1. The molecule has 1 amide bonds. The van der Waals surface area contributed by atoms with Gasteiger partial charge in [0.2, 0.25) is 5.75 Å². The van der Waals surface area contributed by atoms with Crippen molar-refractivity contribution < 1.29 is 14.8 Å². The molecule has 0 aliphatic carbocycles. The van der Waals surface area contributed by atoms with Gasteiger partial charge in [-0.1, -0.05) is 11.6 Å². The van der Waals surface area contributed by atoms with Crippen LogP contribution in [0, 0.1) is 10.1 Å². The van der Waals surface area contributed by atoms with Crippen molar-refractivity contribution in [2.75, 3.05) is 0 Å².